The van der Waals surface area contributed by atoms with Crippen molar-refractivity contribution in [3.8, 4) is 5.75 Å². The number of sulfonamides is 1. The zero-order valence-electron chi connectivity index (χ0n) is 15.7. The van der Waals surface area contributed by atoms with E-state index in [1.54, 1.807) is 24.3 Å². The van der Waals surface area contributed by atoms with Gasteiger partial charge in [-0.25, -0.2) is 8.42 Å². The smallest absolute Gasteiger partial charge is 0.231 e. The Labute approximate surface area is 166 Å². The molecule has 2 aromatic rings. The van der Waals surface area contributed by atoms with E-state index < -0.39 is 16.1 Å². The molecule has 27 heavy (non-hydrogen) atoms. The summed E-state index contributed by atoms with van der Waals surface area (Å²) >= 11 is 6.03. The number of aliphatic hydroxyl groups excluding tert-OH is 1. The predicted molar refractivity (Wildman–Crippen MR) is 111 cm³/mol. The molecule has 0 aliphatic heterocycles. The summed E-state index contributed by atoms with van der Waals surface area (Å²) in [5.41, 5.74) is 1.49. The molecule has 1 N–H and O–H groups in total. The highest BCUT2D eigenvalue weighted by Gasteiger charge is 2.14. The molecule has 0 aromatic heterocycles. The van der Waals surface area contributed by atoms with Gasteiger partial charge in [0, 0.05) is 30.8 Å². The molecule has 0 radical (unpaired) electrons. The van der Waals surface area contributed by atoms with Crippen molar-refractivity contribution in [2.24, 2.45) is 0 Å². The maximum Gasteiger partial charge on any atom is 0.231 e. The fraction of sp³-hybridized carbons (Fsp3) is 0.368. The number of nitrogens with zero attached hydrogens (tertiary/aromatic N) is 2. The van der Waals surface area contributed by atoms with Crippen LogP contribution in [0.5, 0.6) is 5.75 Å². The van der Waals surface area contributed by atoms with Gasteiger partial charge >= 0.3 is 0 Å². The van der Waals surface area contributed by atoms with Crippen LogP contribution in [0.15, 0.2) is 48.5 Å². The van der Waals surface area contributed by atoms with Crippen molar-refractivity contribution in [2.75, 3.05) is 42.2 Å². The lowest BCUT2D eigenvalue weighted by atomic mass is 10.2. The maximum atomic E-state index is 11.5. The molecule has 2 aromatic carbocycles. The molecule has 0 saturated carbocycles. The molecule has 0 spiro atoms. The molecule has 148 valence electrons. The lowest BCUT2D eigenvalue weighted by Gasteiger charge is -2.26. The molecule has 0 amide bonds. The van der Waals surface area contributed by atoms with Crippen molar-refractivity contribution in [1.82, 2.24) is 0 Å². The molecule has 6 nitrogen and oxygen atoms in total. The van der Waals surface area contributed by atoms with E-state index in [4.69, 9.17) is 16.3 Å². The van der Waals surface area contributed by atoms with E-state index in [9.17, 15) is 13.5 Å². The molecule has 1 atom stereocenters. The Kier molecular flexibility index (Phi) is 7.35. The molecule has 0 aliphatic carbocycles. The highest BCUT2D eigenvalue weighted by atomic mass is 35.5. The van der Waals surface area contributed by atoms with Gasteiger partial charge in [-0.05, 0) is 49.4 Å². The summed E-state index contributed by atoms with van der Waals surface area (Å²) in [6, 6.07) is 14.2. The van der Waals surface area contributed by atoms with Gasteiger partial charge in [-0.2, -0.15) is 0 Å². The zero-order valence-corrected chi connectivity index (χ0v) is 17.2. The number of rotatable bonds is 9. The first-order valence-corrected chi connectivity index (χ1v) is 10.8. The Morgan fingerprint density at radius 2 is 1.81 bits per heavy atom. The van der Waals surface area contributed by atoms with Gasteiger partial charge in [0.2, 0.25) is 10.0 Å². The van der Waals surface area contributed by atoms with E-state index in [0.29, 0.717) is 23.0 Å². The Hall–Kier alpha value is -1.96. The molecule has 2 rings (SSSR count). The number of hydrogen-bond acceptors (Lipinski definition) is 5. The summed E-state index contributed by atoms with van der Waals surface area (Å²) in [7, 11) is -1.81. The Balaban J connectivity index is 1.92. The van der Waals surface area contributed by atoms with E-state index >= 15 is 0 Å². The highest BCUT2D eigenvalue weighted by Crippen LogP contribution is 2.21. The monoisotopic (exact) mass is 412 g/mol. The molecule has 0 fully saturated rings. The number of ether oxygens (including phenoxy) is 1. The van der Waals surface area contributed by atoms with Gasteiger partial charge in [-0.15, -0.1) is 0 Å². The van der Waals surface area contributed by atoms with Crippen LogP contribution in [-0.2, 0) is 10.0 Å². The summed E-state index contributed by atoms with van der Waals surface area (Å²) in [6.45, 7) is 3.26. The van der Waals surface area contributed by atoms with Gasteiger partial charge in [-0.3, -0.25) is 4.31 Å². The van der Waals surface area contributed by atoms with Gasteiger partial charge in [0.1, 0.15) is 18.5 Å². The summed E-state index contributed by atoms with van der Waals surface area (Å²) < 4.78 is 29.9. The van der Waals surface area contributed by atoms with E-state index in [-0.39, 0.29) is 6.61 Å². The Bertz CT molecular complexity index is 843. The van der Waals surface area contributed by atoms with E-state index in [0.717, 1.165) is 18.5 Å². The number of benzene rings is 2. The zero-order chi connectivity index (χ0) is 20.0. The van der Waals surface area contributed by atoms with Crippen LogP contribution in [0.1, 0.15) is 6.92 Å². The minimum Gasteiger partial charge on any atom is -0.491 e. The molecule has 0 saturated heterocycles. The third-order valence-electron chi connectivity index (χ3n) is 4.13. The average Bonchev–Trinajstić information content (AvgIpc) is 2.63. The van der Waals surface area contributed by atoms with Gasteiger partial charge in [0.25, 0.3) is 0 Å². The number of halogens is 1. The van der Waals surface area contributed by atoms with Crippen LogP contribution in [0.25, 0.3) is 0 Å². The SMILES string of the molecule is CCN(CC(O)COc1ccc(N(C)S(C)(=O)=O)cc1)c1cccc(Cl)c1. The largest absolute Gasteiger partial charge is 0.491 e. The third kappa shape index (κ3) is 6.30. The van der Waals surface area contributed by atoms with Crippen molar-refractivity contribution in [3.05, 3.63) is 53.6 Å². The van der Waals surface area contributed by atoms with E-state index in [2.05, 4.69) is 0 Å². The second kappa shape index (κ2) is 9.30. The maximum absolute atomic E-state index is 11.5. The number of anilines is 2. The van der Waals surface area contributed by atoms with Crippen LogP contribution in [0.4, 0.5) is 11.4 Å². The highest BCUT2D eigenvalue weighted by molar-refractivity contribution is 7.92. The first-order valence-electron chi connectivity index (χ1n) is 8.56. The number of aliphatic hydroxyl groups is 1. The Morgan fingerprint density at radius 1 is 1.15 bits per heavy atom. The lowest BCUT2D eigenvalue weighted by Crippen LogP contribution is -2.35. The van der Waals surface area contributed by atoms with Gasteiger partial charge in [0.05, 0.1) is 11.9 Å². The van der Waals surface area contributed by atoms with Crippen LogP contribution in [-0.4, -0.2) is 52.6 Å². The summed E-state index contributed by atoms with van der Waals surface area (Å²) in [4.78, 5) is 2.02. The molecular weight excluding hydrogens is 388 g/mol. The first kappa shape index (κ1) is 21.3. The van der Waals surface area contributed by atoms with E-state index in [1.807, 2.05) is 36.1 Å². The molecule has 0 bridgehead atoms. The second-order valence-electron chi connectivity index (χ2n) is 6.21. The van der Waals surface area contributed by atoms with Crippen molar-refractivity contribution >= 4 is 33.0 Å². The van der Waals surface area contributed by atoms with Crippen LogP contribution in [0.2, 0.25) is 5.02 Å². The normalized spacial score (nSPS) is 12.5. The minimum atomic E-state index is -3.30. The molecule has 8 heteroatoms. The fourth-order valence-electron chi connectivity index (χ4n) is 2.53. The summed E-state index contributed by atoms with van der Waals surface area (Å²) in [5.74, 6) is 0.561. The fourth-order valence-corrected chi connectivity index (χ4v) is 3.22. The van der Waals surface area contributed by atoms with Gasteiger partial charge in [-0.1, -0.05) is 17.7 Å². The Morgan fingerprint density at radius 3 is 2.37 bits per heavy atom. The van der Waals surface area contributed by atoms with Crippen molar-refractivity contribution in [1.29, 1.82) is 0 Å². The summed E-state index contributed by atoms with van der Waals surface area (Å²) in [6.07, 6.45) is 0.454. The van der Waals surface area contributed by atoms with Gasteiger partial charge < -0.3 is 14.7 Å². The van der Waals surface area contributed by atoms with Crippen molar-refractivity contribution in [2.45, 2.75) is 13.0 Å². The van der Waals surface area contributed by atoms with Crippen molar-refractivity contribution in [3.63, 3.8) is 0 Å². The van der Waals surface area contributed by atoms with Crippen LogP contribution in [0, 0.1) is 0 Å². The predicted octanol–water partition coefficient (Wildman–Crippen LogP) is 3.00. The van der Waals surface area contributed by atoms with Crippen LogP contribution >= 0.6 is 11.6 Å². The summed E-state index contributed by atoms with van der Waals surface area (Å²) in [5, 5.41) is 11.0. The number of likely N-dealkylation sites (N-methyl/N-ethyl adjacent to an activating group) is 1. The standard InChI is InChI=1S/C19H25ClN2O4S/c1-4-22(17-7-5-6-15(20)12-17)13-18(23)14-26-19-10-8-16(9-11-19)21(2)27(3,24)25/h5-12,18,23H,4,13-14H2,1-3H3. The quantitative estimate of drug-likeness (QED) is 0.685. The average molecular weight is 413 g/mol. The molecule has 0 aliphatic rings. The lowest BCUT2D eigenvalue weighted by molar-refractivity contribution is 0.112. The van der Waals surface area contributed by atoms with Crippen LogP contribution < -0.4 is 13.9 Å². The topological polar surface area (TPSA) is 70.1 Å². The third-order valence-corrected chi connectivity index (χ3v) is 5.57. The molecule has 0 heterocycles. The molecule has 1 unspecified atom stereocenters. The van der Waals surface area contributed by atoms with Crippen molar-refractivity contribution < 1.29 is 18.3 Å². The van der Waals surface area contributed by atoms with Gasteiger partial charge in [0.15, 0.2) is 0 Å². The first-order chi connectivity index (χ1) is 12.7. The van der Waals surface area contributed by atoms with Crippen LogP contribution in [0.3, 0.4) is 0 Å². The molecular formula is C19H25ClN2O4S. The minimum absolute atomic E-state index is 0.123. The second-order valence-corrected chi connectivity index (χ2v) is 8.66. The number of hydrogen-bond donors (Lipinski definition) is 1. The van der Waals surface area contributed by atoms with E-state index in [1.165, 1.54) is 11.4 Å².